The molecule has 0 N–H and O–H groups in total. The number of benzene rings is 1. The molecule has 0 amide bonds. The number of imidazole rings is 1. The minimum absolute atomic E-state index is 0.165. The van der Waals surface area contributed by atoms with E-state index in [-0.39, 0.29) is 5.92 Å². The van der Waals surface area contributed by atoms with Gasteiger partial charge in [-0.15, -0.1) is 0 Å². The molecule has 0 fully saturated rings. The van der Waals surface area contributed by atoms with Crippen LogP contribution in [-0.2, 0) is 13.5 Å². The van der Waals surface area contributed by atoms with E-state index in [1.165, 1.54) is 0 Å². The van der Waals surface area contributed by atoms with Crippen molar-refractivity contribution in [2.24, 2.45) is 7.05 Å². The van der Waals surface area contributed by atoms with Crippen molar-refractivity contribution in [2.75, 3.05) is 0 Å². The number of rotatable bonds is 4. The zero-order valence-electron chi connectivity index (χ0n) is 15.5. The largest absolute Gasteiger partial charge is 0.337 e. The second-order valence-corrected chi connectivity index (χ2v) is 6.81. The van der Waals surface area contributed by atoms with E-state index in [0.717, 1.165) is 46.4 Å². The maximum atomic E-state index is 4.82. The minimum Gasteiger partial charge on any atom is -0.337 e. The molecule has 0 aliphatic rings. The molecule has 0 spiro atoms. The van der Waals surface area contributed by atoms with Crippen molar-refractivity contribution in [3.8, 4) is 11.3 Å². The van der Waals surface area contributed by atoms with Crippen LogP contribution in [0.3, 0.4) is 0 Å². The fourth-order valence-corrected chi connectivity index (χ4v) is 3.13. The van der Waals surface area contributed by atoms with Crippen LogP contribution in [0, 0.1) is 13.8 Å². The Kier molecular flexibility index (Phi) is 4.03. The molecule has 0 saturated heterocycles. The molecule has 3 aromatic heterocycles. The van der Waals surface area contributed by atoms with Gasteiger partial charge < -0.3 is 4.57 Å². The van der Waals surface area contributed by atoms with Gasteiger partial charge in [0.1, 0.15) is 5.82 Å². The van der Waals surface area contributed by atoms with Gasteiger partial charge in [-0.05, 0) is 13.8 Å². The fourth-order valence-electron chi connectivity index (χ4n) is 3.13. The average molecular weight is 346 g/mol. The first-order valence-electron chi connectivity index (χ1n) is 8.79. The fraction of sp³-hybridized carbons (Fsp3) is 0.300. The van der Waals surface area contributed by atoms with Gasteiger partial charge in [0, 0.05) is 37.3 Å². The highest BCUT2D eigenvalue weighted by atomic mass is 15.3. The number of hydrogen-bond donors (Lipinski definition) is 0. The van der Waals surface area contributed by atoms with E-state index in [0.29, 0.717) is 0 Å². The first-order valence-corrected chi connectivity index (χ1v) is 8.79. The van der Waals surface area contributed by atoms with Crippen LogP contribution in [0.5, 0.6) is 0 Å². The first kappa shape index (κ1) is 16.4. The lowest BCUT2D eigenvalue weighted by Crippen LogP contribution is -2.06. The van der Waals surface area contributed by atoms with Gasteiger partial charge in [-0.3, -0.25) is 4.98 Å². The molecule has 0 radical (unpaired) electrons. The van der Waals surface area contributed by atoms with Gasteiger partial charge in [-0.25, -0.2) is 14.5 Å². The molecule has 3 heterocycles. The van der Waals surface area contributed by atoms with Crippen molar-refractivity contribution in [3.63, 3.8) is 0 Å². The predicted octanol–water partition coefficient (Wildman–Crippen LogP) is 3.49. The highest BCUT2D eigenvalue weighted by Crippen LogP contribution is 2.22. The molecule has 0 aliphatic carbocycles. The Labute approximate surface area is 152 Å². The second kappa shape index (κ2) is 6.37. The SMILES string of the molecule is Cc1ncc(C)n2nc([C@@H](C)Cc3nc(-c4ccccc4)cn3C)nc12. The van der Waals surface area contributed by atoms with Crippen molar-refractivity contribution in [1.29, 1.82) is 0 Å². The Bertz CT molecular complexity index is 1020. The van der Waals surface area contributed by atoms with Gasteiger partial charge >= 0.3 is 0 Å². The molecular weight excluding hydrogens is 324 g/mol. The molecule has 0 aliphatic heterocycles. The number of fused-ring (bicyclic) bond motifs is 1. The maximum Gasteiger partial charge on any atom is 0.177 e. The molecule has 4 aromatic rings. The highest BCUT2D eigenvalue weighted by Gasteiger charge is 2.18. The standard InChI is InChI=1S/C20H22N6/c1-13(19-23-20-15(3)21-11-14(2)26(20)24-19)10-18-22-17(12-25(18)4)16-8-6-5-7-9-16/h5-9,11-13H,10H2,1-4H3/t13-/m0/s1. The summed E-state index contributed by atoms with van der Waals surface area (Å²) in [6.07, 6.45) is 4.69. The zero-order valence-corrected chi connectivity index (χ0v) is 15.5. The van der Waals surface area contributed by atoms with Gasteiger partial charge in [-0.2, -0.15) is 5.10 Å². The summed E-state index contributed by atoms with van der Waals surface area (Å²) in [4.78, 5) is 13.9. The monoisotopic (exact) mass is 346 g/mol. The van der Waals surface area contributed by atoms with E-state index in [2.05, 4.69) is 34.8 Å². The Morgan fingerprint density at radius 1 is 1.08 bits per heavy atom. The van der Waals surface area contributed by atoms with Crippen LogP contribution in [0.2, 0.25) is 0 Å². The van der Waals surface area contributed by atoms with Crippen molar-refractivity contribution in [3.05, 3.63) is 65.8 Å². The Balaban J connectivity index is 1.63. The van der Waals surface area contributed by atoms with Crippen LogP contribution in [0.4, 0.5) is 0 Å². The van der Waals surface area contributed by atoms with Gasteiger partial charge in [0.15, 0.2) is 11.5 Å². The smallest absolute Gasteiger partial charge is 0.177 e. The third-order valence-corrected chi connectivity index (χ3v) is 4.70. The molecule has 1 atom stereocenters. The molecular formula is C20H22N6. The molecule has 26 heavy (non-hydrogen) atoms. The lowest BCUT2D eigenvalue weighted by molar-refractivity contribution is 0.645. The Hall–Kier alpha value is -3.02. The van der Waals surface area contributed by atoms with Crippen molar-refractivity contribution in [2.45, 2.75) is 33.1 Å². The lowest BCUT2D eigenvalue weighted by Gasteiger charge is -2.06. The van der Waals surface area contributed by atoms with Crippen LogP contribution in [0.1, 0.15) is 35.9 Å². The van der Waals surface area contributed by atoms with E-state index < -0.39 is 0 Å². The molecule has 6 heteroatoms. The predicted molar refractivity (Wildman–Crippen MR) is 101 cm³/mol. The third kappa shape index (κ3) is 2.87. The summed E-state index contributed by atoms with van der Waals surface area (Å²) in [6, 6.07) is 10.2. The van der Waals surface area contributed by atoms with Gasteiger partial charge in [0.05, 0.1) is 17.1 Å². The van der Waals surface area contributed by atoms with E-state index in [1.54, 1.807) is 0 Å². The summed E-state index contributed by atoms with van der Waals surface area (Å²) in [7, 11) is 2.04. The number of aryl methyl sites for hydroxylation is 3. The van der Waals surface area contributed by atoms with Crippen molar-refractivity contribution in [1.82, 2.24) is 29.1 Å². The van der Waals surface area contributed by atoms with Crippen molar-refractivity contribution >= 4 is 5.65 Å². The number of nitrogens with zero attached hydrogens (tertiary/aromatic N) is 6. The molecule has 1 aromatic carbocycles. The zero-order chi connectivity index (χ0) is 18.3. The van der Waals surface area contributed by atoms with Crippen LogP contribution in [-0.4, -0.2) is 29.1 Å². The number of aromatic nitrogens is 6. The van der Waals surface area contributed by atoms with Crippen LogP contribution >= 0.6 is 0 Å². The molecule has 0 saturated carbocycles. The van der Waals surface area contributed by atoms with E-state index in [1.807, 2.05) is 49.8 Å². The van der Waals surface area contributed by atoms with Crippen LogP contribution < -0.4 is 0 Å². The summed E-state index contributed by atoms with van der Waals surface area (Å²) >= 11 is 0. The highest BCUT2D eigenvalue weighted by molar-refractivity contribution is 5.58. The van der Waals surface area contributed by atoms with Gasteiger partial charge in [-0.1, -0.05) is 37.3 Å². The van der Waals surface area contributed by atoms with E-state index >= 15 is 0 Å². The van der Waals surface area contributed by atoms with E-state index in [4.69, 9.17) is 15.1 Å². The normalized spacial score (nSPS) is 12.6. The third-order valence-electron chi connectivity index (χ3n) is 4.70. The second-order valence-electron chi connectivity index (χ2n) is 6.81. The van der Waals surface area contributed by atoms with Gasteiger partial charge in [0.25, 0.3) is 0 Å². The topological polar surface area (TPSA) is 60.9 Å². The molecule has 4 rings (SSSR count). The molecule has 6 nitrogen and oxygen atoms in total. The summed E-state index contributed by atoms with van der Waals surface area (Å²) in [5, 5.41) is 4.69. The lowest BCUT2D eigenvalue weighted by atomic mass is 10.1. The van der Waals surface area contributed by atoms with Crippen LogP contribution in [0.25, 0.3) is 16.9 Å². The molecule has 0 bridgehead atoms. The van der Waals surface area contributed by atoms with E-state index in [9.17, 15) is 0 Å². The molecule has 0 unspecified atom stereocenters. The van der Waals surface area contributed by atoms with Gasteiger partial charge in [0.2, 0.25) is 0 Å². The summed E-state index contributed by atoms with van der Waals surface area (Å²) < 4.78 is 3.97. The summed E-state index contributed by atoms with van der Waals surface area (Å²) in [5.74, 6) is 2.02. The Morgan fingerprint density at radius 3 is 2.58 bits per heavy atom. The summed E-state index contributed by atoms with van der Waals surface area (Å²) in [5.41, 5.74) is 4.83. The summed E-state index contributed by atoms with van der Waals surface area (Å²) in [6.45, 7) is 6.10. The van der Waals surface area contributed by atoms with Crippen molar-refractivity contribution < 1.29 is 0 Å². The first-order chi connectivity index (χ1) is 12.5. The average Bonchev–Trinajstić information content (AvgIpc) is 3.25. The quantitative estimate of drug-likeness (QED) is 0.567. The minimum atomic E-state index is 0.165. The molecule has 132 valence electrons. The number of hydrogen-bond acceptors (Lipinski definition) is 4. The Morgan fingerprint density at radius 2 is 1.85 bits per heavy atom. The maximum absolute atomic E-state index is 4.82. The van der Waals surface area contributed by atoms with Crippen LogP contribution in [0.15, 0.2) is 42.7 Å².